The summed E-state index contributed by atoms with van der Waals surface area (Å²) in [7, 11) is 0. The lowest BCUT2D eigenvalue weighted by Crippen LogP contribution is -2.17. The molecular formula is C31H33N5O3. The van der Waals surface area contributed by atoms with E-state index in [-0.39, 0.29) is 17.9 Å². The summed E-state index contributed by atoms with van der Waals surface area (Å²) >= 11 is 0. The molecule has 1 aliphatic carbocycles. The monoisotopic (exact) mass is 523 g/mol. The first kappa shape index (κ1) is 26.3. The number of hydrogen-bond acceptors (Lipinski definition) is 5. The van der Waals surface area contributed by atoms with Crippen molar-refractivity contribution < 1.29 is 14.3 Å². The summed E-state index contributed by atoms with van der Waals surface area (Å²) in [5, 5.41) is 10.4. The van der Waals surface area contributed by atoms with Gasteiger partial charge in [-0.05, 0) is 84.8 Å². The lowest BCUT2D eigenvalue weighted by Gasteiger charge is -2.20. The molecule has 0 spiro atoms. The summed E-state index contributed by atoms with van der Waals surface area (Å²) in [6.45, 7) is 4.43. The van der Waals surface area contributed by atoms with Crippen LogP contribution in [0.1, 0.15) is 58.7 Å². The molecule has 0 bridgehead atoms. The molecule has 5 rings (SSSR count). The fourth-order valence-electron chi connectivity index (χ4n) is 4.49. The average molecular weight is 524 g/mol. The Hall–Kier alpha value is -4.27. The molecule has 1 unspecified atom stereocenters. The molecule has 4 N–H and O–H groups in total. The third-order valence-corrected chi connectivity index (χ3v) is 6.63. The van der Waals surface area contributed by atoms with Gasteiger partial charge in [0, 0.05) is 24.8 Å². The Bertz CT molecular complexity index is 1470. The number of nitrogens with two attached hydrogens (primary N) is 1. The van der Waals surface area contributed by atoms with Gasteiger partial charge in [-0.25, -0.2) is 4.68 Å². The summed E-state index contributed by atoms with van der Waals surface area (Å²) in [4.78, 5) is 24.8. The molecule has 1 atom stereocenters. The van der Waals surface area contributed by atoms with Crippen LogP contribution in [0.5, 0.6) is 0 Å². The molecule has 1 fully saturated rings. The van der Waals surface area contributed by atoms with Crippen molar-refractivity contribution in [1.29, 1.82) is 0 Å². The van der Waals surface area contributed by atoms with Gasteiger partial charge >= 0.3 is 0 Å². The number of ether oxygens (including phenoxy) is 1. The van der Waals surface area contributed by atoms with Crippen LogP contribution in [-0.2, 0) is 16.1 Å². The van der Waals surface area contributed by atoms with Crippen molar-refractivity contribution in [1.82, 2.24) is 9.78 Å². The zero-order valence-corrected chi connectivity index (χ0v) is 22.2. The maximum absolute atomic E-state index is 13.4. The zero-order chi connectivity index (χ0) is 27.4. The quantitative estimate of drug-likeness (QED) is 0.259. The first-order chi connectivity index (χ1) is 18.9. The predicted octanol–water partition coefficient (Wildman–Crippen LogP) is 5.37. The van der Waals surface area contributed by atoms with Crippen LogP contribution in [0.3, 0.4) is 0 Å². The number of benzene rings is 3. The predicted molar refractivity (Wildman–Crippen MR) is 152 cm³/mol. The lowest BCUT2D eigenvalue weighted by atomic mass is 10.00. The minimum Gasteiger partial charge on any atom is -0.368 e. The molecule has 4 aromatic rings. The van der Waals surface area contributed by atoms with Gasteiger partial charge in [-0.1, -0.05) is 36.4 Å². The normalized spacial score (nSPS) is 13.6. The third kappa shape index (κ3) is 6.60. The second-order valence-electron chi connectivity index (χ2n) is 10.00. The molecule has 1 heterocycles. The Morgan fingerprint density at radius 1 is 0.974 bits per heavy atom. The second-order valence-corrected chi connectivity index (χ2v) is 10.00. The lowest BCUT2D eigenvalue weighted by molar-refractivity contribution is -0.114. The Morgan fingerprint density at radius 3 is 2.46 bits per heavy atom. The number of rotatable bonds is 10. The summed E-state index contributed by atoms with van der Waals surface area (Å²) in [6.07, 6.45) is 2.07. The summed E-state index contributed by atoms with van der Waals surface area (Å²) < 4.78 is 8.03. The Labute approximate surface area is 228 Å². The van der Waals surface area contributed by atoms with E-state index in [1.165, 1.54) is 19.8 Å². The molecule has 0 saturated heterocycles. The van der Waals surface area contributed by atoms with E-state index in [0.717, 1.165) is 33.8 Å². The van der Waals surface area contributed by atoms with Gasteiger partial charge in [-0.2, -0.15) is 5.10 Å². The summed E-state index contributed by atoms with van der Waals surface area (Å²) in [5.41, 5.74) is 12.0. The second kappa shape index (κ2) is 11.6. The van der Waals surface area contributed by atoms with E-state index in [4.69, 9.17) is 10.5 Å². The number of carbonyl (C=O) groups is 2. The maximum atomic E-state index is 13.4. The van der Waals surface area contributed by atoms with E-state index < -0.39 is 0 Å². The van der Waals surface area contributed by atoms with E-state index in [1.807, 2.05) is 79.7 Å². The van der Waals surface area contributed by atoms with Gasteiger partial charge in [0.15, 0.2) is 0 Å². The first-order valence-electron chi connectivity index (χ1n) is 13.2. The SMILES string of the molecule is CC(=O)Nc1ccc(C(OCC2CC2)c2cccc(NC(=O)c3cc(C)nn3-c3cccc(CN)c3)c2)cc1. The number of amides is 2. The maximum Gasteiger partial charge on any atom is 0.274 e. The van der Waals surface area contributed by atoms with E-state index in [1.54, 1.807) is 10.7 Å². The number of nitrogens with zero attached hydrogens (tertiary/aromatic N) is 2. The van der Waals surface area contributed by atoms with Crippen molar-refractivity contribution in [2.24, 2.45) is 11.7 Å². The minimum atomic E-state index is -0.305. The molecule has 200 valence electrons. The molecule has 1 aliphatic rings. The number of hydrogen-bond donors (Lipinski definition) is 3. The van der Waals surface area contributed by atoms with E-state index >= 15 is 0 Å². The minimum absolute atomic E-state index is 0.114. The van der Waals surface area contributed by atoms with Gasteiger partial charge in [-0.15, -0.1) is 0 Å². The Kier molecular flexibility index (Phi) is 7.86. The van der Waals surface area contributed by atoms with Crippen molar-refractivity contribution in [3.05, 3.63) is 107 Å². The van der Waals surface area contributed by atoms with Crippen molar-refractivity contribution in [3.63, 3.8) is 0 Å². The molecule has 39 heavy (non-hydrogen) atoms. The van der Waals surface area contributed by atoms with Crippen molar-refractivity contribution in [3.8, 4) is 5.69 Å². The van der Waals surface area contributed by atoms with Crippen LogP contribution in [0.15, 0.2) is 78.9 Å². The summed E-state index contributed by atoms with van der Waals surface area (Å²) in [6, 6.07) is 24.9. The Balaban J connectivity index is 1.39. The smallest absolute Gasteiger partial charge is 0.274 e. The standard InChI is InChI=1S/C31H33N5O3/c1-20-15-29(36(35-20)28-8-3-5-23(16-28)18-32)31(38)34-27-7-4-6-25(17-27)30(39-19-22-9-10-22)24-11-13-26(14-12-24)33-21(2)37/h3-8,11-17,22,30H,9-10,18-19,32H2,1-2H3,(H,33,37)(H,34,38). The molecule has 1 saturated carbocycles. The van der Waals surface area contributed by atoms with Crippen LogP contribution in [0, 0.1) is 12.8 Å². The van der Waals surface area contributed by atoms with E-state index in [2.05, 4.69) is 15.7 Å². The fraction of sp³-hybridized carbons (Fsp3) is 0.258. The number of aromatic nitrogens is 2. The highest BCUT2D eigenvalue weighted by atomic mass is 16.5. The highest BCUT2D eigenvalue weighted by Crippen LogP contribution is 2.34. The van der Waals surface area contributed by atoms with Crippen LogP contribution in [0.4, 0.5) is 11.4 Å². The van der Waals surface area contributed by atoms with Gasteiger partial charge in [0.25, 0.3) is 5.91 Å². The number of anilines is 2. The highest BCUT2D eigenvalue weighted by molar-refractivity contribution is 6.03. The molecule has 0 radical (unpaired) electrons. The molecule has 8 heteroatoms. The van der Waals surface area contributed by atoms with Crippen LogP contribution < -0.4 is 16.4 Å². The van der Waals surface area contributed by atoms with Crippen LogP contribution in [0.25, 0.3) is 5.69 Å². The van der Waals surface area contributed by atoms with Gasteiger partial charge in [-0.3, -0.25) is 9.59 Å². The molecule has 2 amide bonds. The molecule has 8 nitrogen and oxygen atoms in total. The van der Waals surface area contributed by atoms with Crippen molar-refractivity contribution >= 4 is 23.2 Å². The average Bonchev–Trinajstić information content (AvgIpc) is 3.68. The number of nitrogens with one attached hydrogen (secondary N) is 2. The van der Waals surface area contributed by atoms with Crippen molar-refractivity contribution in [2.75, 3.05) is 17.2 Å². The molecule has 0 aliphatic heterocycles. The Morgan fingerprint density at radius 2 is 1.74 bits per heavy atom. The fourth-order valence-corrected chi connectivity index (χ4v) is 4.49. The topological polar surface area (TPSA) is 111 Å². The van der Waals surface area contributed by atoms with Gasteiger partial charge in [0.1, 0.15) is 11.8 Å². The van der Waals surface area contributed by atoms with Crippen LogP contribution in [-0.4, -0.2) is 28.2 Å². The zero-order valence-electron chi connectivity index (χ0n) is 22.2. The number of aryl methyl sites for hydroxylation is 1. The number of carbonyl (C=O) groups excluding carboxylic acids is 2. The molecular weight excluding hydrogens is 490 g/mol. The largest absolute Gasteiger partial charge is 0.368 e. The third-order valence-electron chi connectivity index (χ3n) is 6.63. The van der Waals surface area contributed by atoms with E-state index in [9.17, 15) is 9.59 Å². The highest BCUT2D eigenvalue weighted by Gasteiger charge is 2.25. The van der Waals surface area contributed by atoms with Crippen LogP contribution in [0.2, 0.25) is 0 Å². The van der Waals surface area contributed by atoms with Gasteiger partial charge in [0.2, 0.25) is 5.91 Å². The van der Waals surface area contributed by atoms with Gasteiger partial charge in [0.05, 0.1) is 18.0 Å². The van der Waals surface area contributed by atoms with E-state index in [0.29, 0.717) is 30.5 Å². The molecule has 1 aromatic heterocycles. The first-order valence-corrected chi connectivity index (χ1v) is 13.2. The molecule has 3 aromatic carbocycles. The van der Waals surface area contributed by atoms with Crippen molar-refractivity contribution in [2.45, 2.75) is 39.3 Å². The van der Waals surface area contributed by atoms with Gasteiger partial charge < -0.3 is 21.1 Å². The summed E-state index contributed by atoms with van der Waals surface area (Å²) in [5.74, 6) is 0.215. The van der Waals surface area contributed by atoms with Crippen LogP contribution >= 0.6 is 0 Å².